The van der Waals surface area contributed by atoms with Crippen LogP contribution >= 0.6 is 0 Å². The van der Waals surface area contributed by atoms with Gasteiger partial charge in [-0.25, -0.2) is 14.8 Å². The van der Waals surface area contributed by atoms with Crippen molar-refractivity contribution < 1.29 is 27.8 Å². The van der Waals surface area contributed by atoms with Gasteiger partial charge in [0.1, 0.15) is 0 Å². The van der Waals surface area contributed by atoms with Crippen molar-refractivity contribution in [1.29, 1.82) is 0 Å². The van der Waals surface area contributed by atoms with Gasteiger partial charge < -0.3 is 14.7 Å². The molecule has 3 saturated heterocycles. The van der Waals surface area contributed by atoms with Crippen molar-refractivity contribution in [2.45, 2.75) is 44.3 Å². The van der Waals surface area contributed by atoms with Crippen molar-refractivity contribution in [2.24, 2.45) is 5.41 Å². The number of piperidine rings is 1. The molecule has 0 saturated carbocycles. The molecule has 0 radical (unpaired) electrons. The van der Waals surface area contributed by atoms with Crippen LogP contribution in [0.15, 0.2) is 18.5 Å². The number of nitrogens with zero attached hydrogens (tertiary/aromatic N) is 4. The zero-order valence-electron chi connectivity index (χ0n) is 16.3. The van der Waals surface area contributed by atoms with Crippen LogP contribution < -0.4 is 4.90 Å². The van der Waals surface area contributed by atoms with E-state index in [1.165, 1.54) is 45.2 Å². The molecule has 7 nitrogen and oxygen atoms in total. The van der Waals surface area contributed by atoms with E-state index in [0.29, 0.717) is 5.41 Å². The second kappa shape index (κ2) is 9.25. The fourth-order valence-electron chi connectivity index (χ4n) is 4.50. The Balaban J connectivity index is 0.000000298. The van der Waals surface area contributed by atoms with Gasteiger partial charge in [-0.05, 0) is 44.7 Å². The van der Waals surface area contributed by atoms with E-state index in [9.17, 15) is 13.2 Å². The first-order valence-electron chi connectivity index (χ1n) is 9.93. The molecule has 0 aromatic carbocycles. The van der Waals surface area contributed by atoms with E-state index in [-0.39, 0.29) is 0 Å². The molecular weight excluding hydrogens is 389 g/mol. The molecule has 29 heavy (non-hydrogen) atoms. The molecule has 1 N–H and O–H groups in total. The number of carboxylic acids is 1. The molecule has 0 aliphatic carbocycles. The predicted molar refractivity (Wildman–Crippen MR) is 99.6 cm³/mol. The van der Waals surface area contributed by atoms with Crippen LogP contribution in [-0.2, 0) is 9.53 Å². The Morgan fingerprint density at radius 3 is 2.41 bits per heavy atom. The lowest BCUT2D eigenvalue weighted by Crippen LogP contribution is -2.47. The summed E-state index contributed by atoms with van der Waals surface area (Å²) in [6.45, 7) is 6.62. The molecule has 1 unspecified atom stereocenters. The number of aliphatic carboxylic acids is 1. The minimum Gasteiger partial charge on any atom is -0.475 e. The molecule has 10 heteroatoms. The molecule has 4 rings (SSSR count). The third-order valence-corrected chi connectivity index (χ3v) is 5.91. The van der Waals surface area contributed by atoms with Crippen molar-refractivity contribution in [3.8, 4) is 0 Å². The minimum atomic E-state index is -5.08. The number of anilines is 1. The van der Waals surface area contributed by atoms with Gasteiger partial charge in [-0.15, -0.1) is 0 Å². The van der Waals surface area contributed by atoms with Gasteiger partial charge in [-0.1, -0.05) is 0 Å². The molecule has 1 atom stereocenters. The standard InChI is InChI=1S/C17H26N4O.C2HF3O2/c1-5-17(14-21(9-1)16-18-7-2-8-19-16)6-10-20(13-17)15-3-11-22-12-4-15;3-2(4,5)1(6)7/h2,7-8,15H,1,3-6,9-14H2;(H,6,7). The third kappa shape index (κ3) is 5.79. The number of carboxylic acid groups (broad SMARTS) is 1. The van der Waals surface area contributed by atoms with E-state index in [2.05, 4.69) is 19.8 Å². The molecule has 1 spiro atoms. The van der Waals surface area contributed by atoms with E-state index < -0.39 is 12.1 Å². The van der Waals surface area contributed by atoms with E-state index in [4.69, 9.17) is 14.6 Å². The second-order valence-electron chi connectivity index (χ2n) is 7.94. The summed E-state index contributed by atoms with van der Waals surface area (Å²) in [6.07, 6.45) is 4.99. The van der Waals surface area contributed by atoms with Crippen molar-refractivity contribution in [1.82, 2.24) is 14.9 Å². The summed E-state index contributed by atoms with van der Waals surface area (Å²) in [4.78, 5) is 22.9. The Labute approximate surface area is 167 Å². The van der Waals surface area contributed by atoms with Crippen LogP contribution in [0.5, 0.6) is 0 Å². The molecule has 1 aromatic heterocycles. The number of carbonyl (C=O) groups is 1. The van der Waals surface area contributed by atoms with Gasteiger partial charge in [-0.3, -0.25) is 4.90 Å². The molecule has 1 aromatic rings. The lowest BCUT2D eigenvalue weighted by Gasteiger charge is -2.41. The van der Waals surface area contributed by atoms with Gasteiger partial charge in [0, 0.05) is 56.7 Å². The molecule has 4 heterocycles. The molecule has 0 bridgehead atoms. The highest BCUT2D eigenvalue weighted by Gasteiger charge is 2.43. The van der Waals surface area contributed by atoms with Crippen molar-refractivity contribution in [2.75, 3.05) is 44.3 Å². The Bertz CT molecular complexity index is 670. The summed E-state index contributed by atoms with van der Waals surface area (Å²) >= 11 is 0. The first-order chi connectivity index (χ1) is 13.8. The monoisotopic (exact) mass is 416 g/mol. The predicted octanol–water partition coefficient (Wildman–Crippen LogP) is 2.58. The highest BCUT2D eigenvalue weighted by atomic mass is 19.4. The first-order valence-corrected chi connectivity index (χ1v) is 9.93. The highest BCUT2D eigenvalue weighted by molar-refractivity contribution is 5.73. The number of ether oxygens (including phenoxy) is 1. The minimum absolute atomic E-state index is 0.454. The van der Waals surface area contributed by atoms with Gasteiger partial charge in [0.25, 0.3) is 0 Å². The topological polar surface area (TPSA) is 78.8 Å². The van der Waals surface area contributed by atoms with Gasteiger partial charge in [0.2, 0.25) is 5.95 Å². The Morgan fingerprint density at radius 2 is 1.79 bits per heavy atom. The number of likely N-dealkylation sites (tertiary alicyclic amines) is 1. The van der Waals surface area contributed by atoms with E-state index in [1.807, 2.05) is 18.5 Å². The Morgan fingerprint density at radius 1 is 1.14 bits per heavy atom. The number of hydrogen-bond acceptors (Lipinski definition) is 6. The molecule has 3 fully saturated rings. The van der Waals surface area contributed by atoms with Gasteiger partial charge >= 0.3 is 12.1 Å². The zero-order chi connectivity index (χ0) is 20.9. The second-order valence-corrected chi connectivity index (χ2v) is 7.94. The maximum atomic E-state index is 10.6. The normalized spacial score (nSPS) is 26.2. The van der Waals surface area contributed by atoms with Gasteiger partial charge in [0.05, 0.1) is 0 Å². The maximum Gasteiger partial charge on any atom is 0.490 e. The number of rotatable bonds is 2. The lowest BCUT2D eigenvalue weighted by atomic mass is 9.79. The number of alkyl halides is 3. The maximum absolute atomic E-state index is 10.6. The average molecular weight is 416 g/mol. The summed E-state index contributed by atoms with van der Waals surface area (Å²) in [6, 6.07) is 2.64. The van der Waals surface area contributed by atoms with Crippen molar-refractivity contribution in [3.05, 3.63) is 18.5 Å². The average Bonchev–Trinajstić information content (AvgIpc) is 3.12. The molecular formula is C19H27F3N4O3. The first kappa shape index (κ1) is 21.8. The van der Waals surface area contributed by atoms with Crippen LogP contribution in [0.4, 0.5) is 19.1 Å². The number of hydrogen-bond donors (Lipinski definition) is 1. The quantitative estimate of drug-likeness (QED) is 0.794. The smallest absolute Gasteiger partial charge is 0.475 e. The largest absolute Gasteiger partial charge is 0.490 e. The summed E-state index contributed by atoms with van der Waals surface area (Å²) in [5.41, 5.74) is 0.454. The lowest BCUT2D eigenvalue weighted by molar-refractivity contribution is -0.192. The van der Waals surface area contributed by atoms with Crippen molar-refractivity contribution >= 4 is 11.9 Å². The number of aromatic nitrogens is 2. The summed E-state index contributed by atoms with van der Waals surface area (Å²) in [5.74, 6) is -1.85. The van der Waals surface area contributed by atoms with Crippen molar-refractivity contribution in [3.63, 3.8) is 0 Å². The van der Waals surface area contributed by atoms with Crippen LogP contribution in [0.25, 0.3) is 0 Å². The fraction of sp³-hybridized carbons (Fsp3) is 0.737. The third-order valence-electron chi connectivity index (χ3n) is 5.91. The van der Waals surface area contributed by atoms with Crippen LogP contribution in [0.3, 0.4) is 0 Å². The molecule has 3 aliphatic heterocycles. The molecule has 3 aliphatic rings. The highest BCUT2D eigenvalue weighted by Crippen LogP contribution is 2.41. The van der Waals surface area contributed by atoms with Crippen LogP contribution in [0.2, 0.25) is 0 Å². The van der Waals surface area contributed by atoms with E-state index in [0.717, 1.165) is 38.3 Å². The van der Waals surface area contributed by atoms with Crippen LogP contribution in [-0.4, -0.2) is 77.6 Å². The molecule has 162 valence electrons. The summed E-state index contributed by atoms with van der Waals surface area (Å²) in [7, 11) is 0. The Hall–Kier alpha value is -1.94. The molecule has 0 amide bonds. The van der Waals surface area contributed by atoms with Crippen LogP contribution in [0, 0.1) is 5.41 Å². The summed E-state index contributed by atoms with van der Waals surface area (Å²) in [5, 5.41) is 7.12. The Kier molecular flexibility index (Phi) is 6.94. The van der Waals surface area contributed by atoms with E-state index >= 15 is 0 Å². The van der Waals surface area contributed by atoms with Gasteiger partial charge in [-0.2, -0.15) is 13.2 Å². The van der Waals surface area contributed by atoms with Gasteiger partial charge in [0.15, 0.2) is 0 Å². The SMILES string of the molecule is O=C(O)C(F)(F)F.c1cnc(N2CCCC3(CCN(C4CCOCC4)C3)C2)nc1. The zero-order valence-corrected chi connectivity index (χ0v) is 16.3. The van der Waals surface area contributed by atoms with Crippen LogP contribution in [0.1, 0.15) is 32.1 Å². The van der Waals surface area contributed by atoms with E-state index in [1.54, 1.807) is 0 Å². The fourth-order valence-corrected chi connectivity index (χ4v) is 4.50. The number of halogens is 3. The summed E-state index contributed by atoms with van der Waals surface area (Å²) < 4.78 is 37.3.